The van der Waals surface area contributed by atoms with Crippen LogP contribution in [0, 0.1) is 5.92 Å². The summed E-state index contributed by atoms with van der Waals surface area (Å²) in [5.74, 6) is 0.784. The third-order valence-corrected chi connectivity index (χ3v) is 4.61. The first-order valence-corrected chi connectivity index (χ1v) is 7.51. The van der Waals surface area contributed by atoms with E-state index in [1.165, 1.54) is 25.7 Å². The molecule has 3 aliphatic rings. The lowest BCUT2D eigenvalue weighted by molar-refractivity contribution is -0.122. The number of nitrogens with one attached hydrogen (secondary N) is 1. The molecule has 4 nitrogen and oxygen atoms in total. The minimum Gasteiger partial charge on any atom is -0.353 e. The summed E-state index contributed by atoms with van der Waals surface area (Å²) in [6.07, 6.45) is 7.94. The van der Waals surface area contributed by atoms with Crippen LogP contribution < -0.4 is 11.1 Å². The second kappa shape index (κ2) is 5.17. The minimum atomic E-state index is 0.0940. The number of carbonyl (C=O) groups is 1. The van der Waals surface area contributed by atoms with Gasteiger partial charge in [-0.3, -0.25) is 4.79 Å². The summed E-state index contributed by atoms with van der Waals surface area (Å²) in [5, 5.41) is 3.17. The lowest BCUT2D eigenvalue weighted by Gasteiger charge is -2.32. The lowest BCUT2D eigenvalue weighted by atomic mass is 10.0. The molecule has 1 atom stereocenters. The average Bonchev–Trinajstić information content (AvgIpc) is 3.21. The Bertz CT molecular complexity index is 304. The topological polar surface area (TPSA) is 58.4 Å². The number of carbonyl (C=O) groups excluding carboxylic acids is 1. The van der Waals surface area contributed by atoms with Gasteiger partial charge in [-0.15, -0.1) is 0 Å². The number of hydrogen-bond acceptors (Lipinski definition) is 3. The number of hydrogen-bond donors (Lipinski definition) is 2. The van der Waals surface area contributed by atoms with Crippen molar-refractivity contribution >= 4 is 5.91 Å². The van der Waals surface area contributed by atoms with E-state index in [1.54, 1.807) is 0 Å². The molecule has 1 amide bonds. The van der Waals surface area contributed by atoms with Crippen LogP contribution in [0.25, 0.3) is 0 Å². The quantitative estimate of drug-likeness (QED) is 0.762. The van der Waals surface area contributed by atoms with Crippen LogP contribution in [0.15, 0.2) is 0 Å². The zero-order chi connectivity index (χ0) is 12.5. The van der Waals surface area contributed by atoms with Gasteiger partial charge in [-0.1, -0.05) is 0 Å². The van der Waals surface area contributed by atoms with E-state index < -0.39 is 0 Å². The van der Waals surface area contributed by atoms with Gasteiger partial charge in [0.05, 0.1) is 0 Å². The molecule has 1 heterocycles. The van der Waals surface area contributed by atoms with Crippen LogP contribution in [0.4, 0.5) is 0 Å². The van der Waals surface area contributed by atoms with Crippen LogP contribution in [0.1, 0.15) is 44.9 Å². The van der Waals surface area contributed by atoms with Crippen LogP contribution in [0.5, 0.6) is 0 Å². The predicted octanol–water partition coefficient (Wildman–Crippen LogP) is 0.857. The Morgan fingerprint density at radius 1 is 1.17 bits per heavy atom. The van der Waals surface area contributed by atoms with Gasteiger partial charge in [-0.05, 0) is 44.4 Å². The van der Waals surface area contributed by atoms with E-state index in [-0.39, 0.29) is 11.9 Å². The third-order valence-electron chi connectivity index (χ3n) is 4.61. The molecule has 2 aliphatic carbocycles. The fraction of sp³-hybridized carbons (Fsp3) is 0.929. The van der Waals surface area contributed by atoms with E-state index in [9.17, 15) is 4.79 Å². The first-order chi connectivity index (χ1) is 8.72. The van der Waals surface area contributed by atoms with Crippen molar-refractivity contribution in [2.75, 3.05) is 13.1 Å². The smallest absolute Gasteiger partial charge is 0.221 e. The number of rotatable bonds is 5. The molecule has 0 spiro atoms. The number of nitrogens with two attached hydrogens (primary N) is 1. The molecule has 3 rings (SSSR count). The van der Waals surface area contributed by atoms with E-state index in [0.717, 1.165) is 32.0 Å². The number of amides is 1. The zero-order valence-electron chi connectivity index (χ0n) is 11.1. The normalized spacial score (nSPS) is 28.1. The Morgan fingerprint density at radius 3 is 2.39 bits per heavy atom. The zero-order valence-corrected chi connectivity index (χ0v) is 11.1. The van der Waals surface area contributed by atoms with Crippen LogP contribution >= 0.6 is 0 Å². The van der Waals surface area contributed by atoms with E-state index in [1.807, 2.05) is 0 Å². The highest BCUT2D eigenvalue weighted by atomic mass is 16.1. The Kier molecular flexibility index (Phi) is 3.57. The molecule has 0 bridgehead atoms. The maximum atomic E-state index is 11.9. The number of nitrogens with zero attached hydrogens (tertiary/aromatic N) is 1. The highest BCUT2D eigenvalue weighted by Crippen LogP contribution is 2.33. The predicted molar refractivity (Wildman–Crippen MR) is 71.1 cm³/mol. The second-order valence-electron chi connectivity index (χ2n) is 6.31. The van der Waals surface area contributed by atoms with Gasteiger partial charge in [0.1, 0.15) is 0 Å². The summed E-state index contributed by atoms with van der Waals surface area (Å²) in [4.78, 5) is 14.5. The highest BCUT2D eigenvalue weighted by molar-refractivity contribution is 5.77. The van der Waals surface area contributed by atoms with Gasteiger partial charge in [0.2, 0.25) is 5.91 Å². The van der Waals surface area contributed by atoms with Crippen molar-refractivity contribution in [3.63, 3.8) is 0 Å². The molecule has 0 aromatic carbocycles. The molecule has 1 unspecified atom stereocenters. The van der Waals surface area contributed by atoms with Crippen molar-refractivity contribution in [1.82, 2.24) is 10.2 Å². The van der Waals surface area contributed by atoms with Crippen molar-refractivity contribution < 1.29 is 4.79 Å². The Labute approximate surface area is 109 Å². The van der Waals surface area contributed by atoms with Crippen molar-refractivity contribution in [3.05, 3.63) is 0 Å². The molecule has 4 heteroatoms. The summed E-state index contributed by atoms with van der Waals surface area (Å²) in [7, 11) is 0. The molecule has 3 N–H and O–H groups in total. The third kappa shape index (κ3) is 3.23. The minimum absolute atomic E-state index is 0.0940. The van der Waals surface area contributed by atoms with Gasteiger partial charge in [0, 0.05) is 37.6 Å². The van der Waals surface area contributed by atoms with Gasteiger partial charge in [-0.2, -0.15) is 0 Å². The van der Waals surface area contributed by atoms with Crippen molar-refractivity contribution in [1.29, 1.82) is 0 Å². The van der Waals surface area contributed by atoms with Crippen LogP contribution in [-0.2, 0) is 4.79 Å². The average molecular weight is 251 g/mol. The number of likely N-dealkylation sites (tertiary alicyclic amines) is 1. The molecule has 3 fully saturated rings. The molecular weight excluding hydrogens is 226 g/mol. The van der Waals surface area contributed by atoms with Crippen molar-refractivity contribution in [2.45, 2.75) is 63.1 Å². The molecule has 18 heavy (non-hydrogen) atoms. The second-order valence-corrected chi connectivity index (χ2v) is 6.31. The molecule has 0 radical (unpaired) electrons. The van der Waals surface area contributed by atoms with Crippen LogP contribution in [0.3, 0.4) is 0 Å². The molecule has 0 aromatic rings. The monoisotopic (exact) mass is 251 g/mol. The maximum absolute atomic E-state index is 11.9. The SMILES string of the molecule is NC(CC(=O)NC1CCN(C2CC2)CC1)C1CC1. The van der Waals surface area contributed by atoms with Gasteiger partial charge in [0.25, 0.3) is 0 Å². The number of piperidine rings is 1. The van der Waals surface area contributed by atoms with Gasteiger partial charge in [-0.25, -0.2) is 0 Å². The van der Waals surface area contributed by atoms with Crippen molar-refractivity contribution in [3.8, 4) is 0 Å². The fourth-order valence-corrected chi connectivity index (χ4v) is 3.04. The van der Waals surface area contributed by atoms with Crippen molar-refractivity contribution in [2.24, 2.45) is 11.7 Å². The maximum Gasteiger partial charge on any atom is 0.221 e. The summed E-state index contributed by atoms with van der Waals surface area (Å²) in [6, 6.07) is 1.35. The molecular formula is C14H25N3O. The summed E-state index contributed by atoms with van der Waals surface area (Å²) < 4.78 is 0. The highest BCUT2D eigenvalue weighted by Gasteiger charge is 2.33. The standard InChI is InChI=1S/C14H25N3O/c15-13(10-1-2-10)9-14(18)16-11-5-7-17(8-6-11)12-3-4-12/h10-13H,1-9,15H2,(H,16,18). The van der Waals surface area contributed by atoms with Crippen LogP contribution in [0.2, 0.25) is 0 Å². The molecule has 2 saturated carbocycles. The fourth-order valence-electron chi connectivity index (χ4n) is 3.04. The molecule has 0 aromatic heterocycles. The van der Waals surface area contributed by atoms with E-state index in [2.05, 4.69) is 10.2 Å². The summed E-state index contributed by atoms with van der Waals surface area (Å²) >= 11 is 0. The Morgan fingerprint density at radius 2 is 1.83 bits per heavy atom. The van der Waals surface area contributed by atoms with E-state index in [4.69, 9.17) is 5.73 Å². The van der Waals surface area contributed by atoms with Gasteiger partial charge < -0.3 is 16.0 Å². The molecule has 1 saturated heterocycles. The van der Waals surface area contributed by atoms with E-state index >= 15 is 0 Å². The first kappa shape index (κ1) is 12.4. The van der Waals surface area contributed by atoms with Crippen LogP contribution in [-0.4, -0.2) is 42.0 Å². The summed E-state index contributed by atoms with van der Waals surface area (Å²) in [5.41, 5.74) is 5.99. The van der Waals surface area contributed by atoms with Gasteiger partial charge >= 0.3 is 0 Å². The molecule has 102 valence electrons. The van der Waals surface area contributed by atoms with E-state index in [0.29, 0.717) is 18.4 Å². The lowest BCUT2D eigenvalue weighted by Crippen LogP contribution is -2.46. The first-order valence-electron chi connectivity index (χ1n) is 7.51. The Balaban J connectivity index is 1.36. The Hall–Kier alpha value is -0.610. The largest absolute Gasteiger partial charge is 0.353 e. The van der Waals surface area contributed by atoms with Gasteiger partial charge in [0.15, 0.2) is 0 Å². The molecule has 1 aliphatic heterocycles. The summed E-state index contributed by atoms with van der Waals surface area (Å²) in [6.45, 7) is 2.31.